The van der Waals surface area contributed by atoms with E-state index in [0.29, 0.717) is 18.0 Å². The second kappa shape index (κ2) is 5.53. The highest BCUT2D eigenvalue weighted by Crippen LogP contribution is 2.32. The van der Waals surface area contributed by atoms with Gasteiger partial charge < -0.3 is 30.1 Å². The van der Waals surface area contributed by atoms with E-state index in [1.165, 1.54) is 0 Å². The van der Waals surface area contributed by atoms with Gasteiger partial charge >= 0.3 is 0 Å². The molecule has 0 saturated carbocycles. The molecule has 0 aliphatic carbocycles. The molecule has 0 spiro atoms. The van der Waals surface area contributed by atoms with Crippen LogP contribution in [0.5, 0.6) is 11.5 Å². The topological polar surface area (TPSA) is 91.2 Å². The molecule has 1 aliphatic heterocycles. The Morgan fingerprint density at radius 3 is 2.39 bits per heavy atom. The summed E-state index contributed by atoms with van der Waals surface area (Å²) in [6.45, 7) is -0.405. The second-order valence-electron chi connectivity index (χ2n) is 4.30. The maximum atomic E-state index is 9.18. The van der Waals surface area contributed by atoms with Crippen molar-refractivity contribution in [2.45, 2.75) is 12.1 Å². The summed E-state index contributed by atoms with van der Waals surface area (Å²) < 4.78 is 10.5. The molecule has 0 aromatic heterocycles. The molecule has 0 atom stereocenters. The fourth-order valence-electron chi connectivity index (χ4n) is 1.66. The molecule has 0 radical (unpaired) electrons. The predicted octanol–water partition coefficient (Wildman–Crippen LogP) is -0.779. The molecular formula is C12H17NO5. The fraction of sp³-hybridized carbons (Fsp3) is 0.500. The minimum absolute atomic E-state index is 0.222. The van der Waals surface area contributed by atoms with Gasteiger partial charge in [-0.05, 0) is 17.7 Å². The lowest BCUT2D eigenvalue weighted by Crippen LogP contribution is -2.54. The standard InChI is InChI=1S/C12H17NO5/c14-5-12(6-15,7-16)13-4-9-1-2-10-11(3-9)18-8-17-10/h1-3,13-16H,4-8H2. The van der Waals surface area contributed by atoms with E-state index in [4.69, 9.17) is 9.47 Å². The smallest absolute Gasteiger partial charge is 0.231 e. The first kappa shape index (κ1) is 13.1. The Balaban J connectivity index is 2.01. The molecule has 2 rings (SSSR count). The Hall–Kier alpha value is -1.34. The highest BCUT2D eigenvalue weighted by molar-refractivity contribution is 5.44. The summed E-state index contributed by atoms with van der Waals surface area (Å²) in [6.07, 6.45) is 0. The number of nitrogens with one attached hydrogen (secondary N) is 1. The van der Waals surface area contributed by atoms with Crippen molar-refractivity contribution in [2.75, 3.05) is 26.6 Å². The van der Waals surface area contributed by atoms with Crippen molar-refractivity contribution in [3.05, 3.63) is 23.8 Å². The number of aliphatic hydroxyl groups is 3. The number of ether oxygens (including phenoxy) is 2. The third-order valence-electron chi connectivity index (χ3n) is 3.01. The van der Waals surface area contributed by atoms with Gasteiger partial charge in [0.1, 0.15) is 0 Å². The lowest BCUT2D eigenvalue weighted by Gasteiger charge is -2.28. The van der Waals surface area contributed by atoms with Crippen molar-refractivity contribution in [3.63, 3.8) is 0 Å². The zero-order valence-electron chi connectivity index (χ0n) is 9.93. The number of hydrogen-bond acceptors (Lipinski definition) is 6. The minimum Gasteiger partial charge on any atom is -0.454 e. The molecule has 6 heteroatoms. The van der Waals surface area contributed by atoms with Crippen molar-refractivity contribution in [1.82, 2.24) is 5.32 Å². The van der Waals surface area contributed by atoms with Gasteiger partial charge in [-0.2, -0.15) is 0 Å². The summed E-state index contributed by atoms with van der Waals surface area (Å²) in [7, 11) is 0. The Morgan fingerprint density at radius 2 is 1.72 bits per heavy atom. The molecule has 18 heavy (non-hydrogen) atoms. The summed E-state index contributed by atoms with van der Waals surface area (Å²) in [4.78, 5) is 0. The molecule has 1 aromatic carbocycles. The van der Waals surface area contributed by atoms with Gasteiger partial charge in [-0.25, -0.2) is 0 Å². The summed E-state index contributed by atoms with van der Waals surface area (Å²) in [5, 5.41) is 30.5. The van der Waals surface area contributed by atoms with E-state index in [9.17, 15) is 15.3 Å². The number of fused-ring (bicyclic) bond motifs is 1. The number of rotatable bonds is 6. The van der Waals surface area contributed by atoms with Crippen LogP contribution >= 0.6 is 0 Å². The zero-order valence-corrected chi connectivity index (χ0v) is 9.93. The van der Waals surface area contributed by atoms with Crippen LogP contribution < -0.4 is 14.8 Å². The molecular weight excluding hydrogens is 238 g/mol. The Morgan fingerprint density at radius 1 is 1.06 bits per heavy atom. The lowest BCUT2D eigenvalue weighted by molar-refractivity contribution is 0.0414. The molecule has 0 amide bonds. The molecule has 0 fully saturated rings. The third kappa shape index (κ3) is 2.56. The van der Waals surface area contributed by atoms with E-state index in [1.807, 2.05) is 12.1 Å². The number of benzene rings is 1. The van der Waals surface area contributed by atoms with Crippen molar-refractivity contribution in [3.8, 4) is 11.5 Å². The summed E-state index contributed by atoms with van der Waals surface area (Å²) >= 11 is 0. The summed E-state index contributed by atoms with van der Waals surface area (Å²) in [5.41, 5.74) is -0.157. The fourth-order valence-corrected chi connectivity index (χ4v) is 1.66. The van der Waals surface area contributed by atoms with Crippen molar-refractivity contribution in [1.29, 1.82) is 0 Å². The maximum absolute atomic E-state index is 9.18. The van der Waals surface area contributed by atoms with Crippen LogP contribution in [0, 0.1) is 0 Å². The number of aliphatic hydroxyl groups excluding tert-OH is 3. The zero-order chi connectivity index (χ0) is 13.0. The van der Waals surface area contributed by atoms with Crippen molar-refractivity contribution < 1.29 is 24.8 Å². The third-order valence-corrected chi connectivity index (χ3v) is 3.01. The maximum Gasteiger partial charge on any atom is 0.231 e. The molecule has 6 nitrogen and oxygen atoms in total. The summed E-state index contributed by atoms with van der Waals surface area (Å²) in [6, 6.07) is 5.49. The normalized spacial score (nSPS) is 13.9. The van der Waals surface area contributed by atoms with E-state index < -0.39 is 5.54 Å². The Labute approximate surface area is 105 Å². The van der Waals surface area contributed by atoms with Crippen molar-refractivity contribution in [2.24, 2.45) is 0 Å². The minimum atomic E-state index is -1.07. The van der Waals surface area contributed by atoms with Gasteiger partial charge in [0.25, 0.3) is 0 Å². The first-order valence-corrected chi connectivity index (χ1v) is 5.69. The summed E-state index contributed by atoms with van der Waals surface area (Å²) in [5.74, 6) is 1.38. The predicted molar refractivity (Wildman–Crippen MR) is 63.4 cm³/mol. The van der Waals surface area contributed by atoms with Crippen LogP contribution in [0.1, 0.15) is 5.56 Å². The van der Waals surface area contributed by atoms with E-state index in [-0.39, 0.29) is 26.6 Å². The average molecular weight is 255 g/mol. The van der Waals surface area contributed by atoms with Gasteiger partial charge in [0, 0.05) is 6.54 Å². The van der Waals surface area contributed by atoms with Gasteiger partial charge in [-0.3, -0.25) is 0 Å². The highest BCUT2D eigenvalue weighted by Gasteiger charge is 2.27. The first-order valence-electron chi connectivity index (χ1n) is 5.69. The van der Waals surface area contributed by atoms with Crippen molar-refractivity contribution >= 4 is 0 Å². The number of hydrogen-bond donors (Lipinski definition) is 4. The van der Waals surface area contributed by atoms with E-state index in [1.54, 1.807) is 6.07 Å². The molecule has 100 valence electrons. The second-order valence-corrected chi connectivity index (χ2v) is 4.30. The van der Waals surface area contributed by atoms with Gasteiger partial charge in [0.15, 0.2) is 11.5 Å². The van der Waals surface area contributed by atoms with E-state index in [0.717, 1.165) is 5.56 Å². The molecule has 0 saturated heterocycles. The highest BCUT2D eigenvalue weighted by atomic mass is 16.7. The monoisotopic (exact) mass is 255 g/mol. The molecule has 1 heterocycles. The van der Waals surface area contributed by atoms with Gasteiger partial charge in [-0.1, -0.05) is 6.07 Å². The van der Waals surface area contributed by atoms with Crippen LogP contribution in [0.25, 0.3) is 0 Å². The first-order chi connectivity index (χ1) is 8.73. The van der Waals surface area contributed by atoms with Gasteiger partial charge in [-0.15, -0.1) is 0 Å². The Kier molecular flexibility index (Phi) is 4.03. The molecule has 4 N–H and O–H groups in total. The van der Waals surface area contributed by atoms with Crippen LogP contribution in [-0.2, 0) is 6.54 Å². The Bertz CT molecular complexity index is 397. The SMILES string of the molecule is OCC(CO)(CO)NCc1ccc2c(c1)OCO2. The van der Waals surface area contributed by atoms with Crippen LogP contribution in [0.3, 0.4) is 0 Å². The largest absolute Gasteiger partial charge is 0.454 e. The van der Waals surface area contributed by atoms with Gasteiger partial charge in [0.05, 0.1) is 25.4 Å². The molecule has 0 bridgehead atoms. The van der Waals surface area contributed by atoms with Crippen LogP contribution in [0.15, 0.2) is 18.2 Å². The van der Waals surface area contributed by atoms with E-state index in [2.05, 4.69) is 5.32 Å². The lowest BCUT2D eigenvalue weighted by atomic mass is 10.0. The van der Waals surface area contributed by atoms with Gasteiger partial charge in [0.2, 0.25) is 6.79 Å². The molecule has 1 aromatic rings. The van der Waals surface area contributed by atoms with Crippen LogP contribution in [0.2, 0.25) is 0 Å². The quantitative estimate of drug-likeness (QED) is 0.533. The molecule has 1 aliphatic rings. The molecule has 0 unspecified atom stereocenters. The van der Waals surface area contributed by atoms with Crippen LogP contribution in [-0.4, -0.2) is 47.5 Å². The average Bonchev–Trinajstić information content (AvgIpc) is 2.88. The van der Waals surface area contributed by atoms with Crippen LogP contribution in [0.4, 0.5) is 0 Å². The van der Waals surface area contributed by atoms with E-state index >= 15 is 0 Å².